The Labute approximate surface area is 76.8 Å². The van der Waals surface area contributed by atoms with Crippen molar-refractivity contribution in [3.05, 3.63) is 0 Å². The summed E-state index contributed by atoms with van der Waals surface area (Å²) in [7, 11) is 0. The average Bonchev–Trinajstić information content (AvgIpc) is 2.05. The molecule has 0 bridgehead atoms. The third-order valence-electron chi connectivity index (χ3n) is 1.87. The summed E-state index contributed by atoms with van der Waals surface area (Å²) < 4.78 is 97.8. The van der Waals surface area contributed by atoms with E-state index >= 15 is 0 Å². The minimum absolute atomic E-state index is 3.93. The standard InChI is InChI=1S/C5HClF8/c6-1-2(7,8)4(11,12)5(13,14)3(1,9)10/h1H. The van der Waals surface area contributed by atoms with Gasteiger partial charge in [-0.15, -0.1) is 11.6 Å². The number of hydrogen-bond donors (Lipinski definition) is 0. The number of halogens is 9. The first-order chi connectivity index (χ1) is 5.90. The molecule has 9 heteroatoms. The first kappa shape index (κ1) is 11.8. The predicted molar refractivity (Wildman–Crippen MR) is 29.4 cm³/mol. The Balaban J connectivity index is 3.38. The summed E-state index contributed by atoms with van der Waals surface area (Å²) in [6.45, 7) is 0. The Bertz CT molecular complexity index is 232. The highest BCUT2D eigenvalue weighted by atomic mass is 35.5. The first-order valence-corrected chi connectivity index (χ1v) is 3.49. The van der Waals surface area contributed by atoms with Crippen molar-refractivity contribution in [2.45, 2.75) is 29.1 Å². The van der Waals surface area contributed by atoms with E-state index in [0.717, 1.165) is 0 Å². The molecule has 0 amide bonds. The van der Waals surface area contributed by atoms with Gasteiger partial charge in [-0.25, -0.2) is 0 Å². The van der Waals surface area contributed by atoms with Crippen LogP contribution in [0, 0.1) is 0 Å². The van der Waals surface area contributed by atoms with Crippen molar-refractivity contribution < 1.29 is 35.1 Å². The number of rotatable bonds is 0. The van der Waals surface area contributed by atoms with E-state index in [2.05, 4.69) is 11.6 Å². The molecule has 1 saturated carbocycles. The molecular weight excluding hydrogens is 247 g/mol. The minimum atomic E-state index is -6.16. The van der Waals surface area contributed by atoms with E-state index in [4.69, 9.17) is 0 Å². The van der Waals surface area contributed by atoms with Crippen LogP contribution in [0.3, 0.4) is 0 Å². The van der Waals surface area contributed by atoms with Gasteiger partial charge in [0.25, 0.3) is 0 Å². The Kier molecular flexibility index (Phi) is 2.07. The Morgan fingerprint density at radius 3 is 0.929 bits per heavy atom. The zero-order valence-corrected chi connectivity index (χ0v) is 6.73. The molecule has 1 aliphatic rings. The van der Waals surface area contributed by atoms with Gasteiger partial charge in [-0.1, -0.05) is 0 Å². The van der Waals surface area contributed by atoms with Crippen LogP contribution < -0.4 is 0 Å². The van der Waals surface area contributed by atoms with Gasteiger partial charge in [0.05, 0.1) is 0 Å². The van der Waals surface area contributed by atoms with Gasteiger partial charge in [-0.3, -0.25) is 0 Å². The lowest BCUT2D eigenvalue weighted by Crippen LogP contribution is -2.51. The SMILES string of the molecule is FC1(F)C(Cl)C(F)(F)C(F)(F)C1(F)F. The van der Waals surface area contributed by atoms with Gasteiger partial charge in [0.15, 0.2) is 5.38 Å². The van der Waals surface area contributed by atoms with Crippen molar-refractivity contribution in [3.8, 4) is 0 Å². The average molecular weight is 248 g/mol. The first-order valence-electron chi connectivity index (χ1n) is 3.06. The van der Waals surface area contributed by atoms with Crippen LogP contribution in [0.1, 0.15) is 0 Å². The van der Waals surface area contributed by atoms with E-state index < -0.39 is 29.1 Å². The number of alkyl halides is 9. The van der Waals surface area contributed by atoms with Crippen molar-refractivity contribution in [3.63, 3.8) is 0 Å². The molecule has 0 aliphatic heterocycles. The molecule has 1 rings (SSSR count). The fourth-order valence-corrected chi connectivity index (χ4v) is 1.24. The molecular formula is C5HClF8. The van der Waals surface area contributed by atoms with Crippen LogP contribution in [0.25, 0.3) is 0 Å². The van der Waals surface area contributed by atoms with Crippen LogP contribution >= 0.6 is 11.6 Å². The molecule has 0 N–H and O–H groups in total. The molecule has 0 saturated heterocycles. The smallest absolute Gasteiger partial charge is 0.198 e. The van der Waals surface area contributed by atoms with E-state index in [9.17, 15) is 35.1 Å². The minimum Gasteiger partial charge on any atom is -0.198 e. The second-order valence-electron chi connectivity index (χ2n) is 2.76. The van der Waals surface area contributed by atoms with E-state index in [1.54, 1.807) is 0 Å². The summed E-state index contributed by atoms with van der Waals surface area (Å²) in [5.74, 6) is -23.6. The van der Waals surface area contributed by atoms with Crippen molar-refractivity contribution in [1.29, 1.82) is 0 Å². The highest BCUT2D eigenvalue weighted by Crippen LogP contribution is 2.64. The van der Waals surface area contributed by atoms with Gasteiger partial charge >= 0.3 is 23.7 Å². The third kappa shape index (κ3) is 0.900. The van der Waals surface area contributed by atoms with Gasteiger partial charge in [-0.05, 0) is 0 Å². The normalized spacial score (nSPS) is 33.2. The van der Waals surface area contributed by atoms with Gasteiger partial charge in [0.2, 0.25) is 0 Å². The van der Waals surface area contributed by atoms with E-state index in [-0.39, 0.29) is 0 Å². The predicted octanol–water partition coefficient (Wildman–Crippen LogP) is 3.15. The molecule has 1 aliphatic carbocycles. The lowest BCUT2D eigenvalue weighted by atomic mass is 10.2. The lowest BCUT2D eigenvalue weighted by Gasteiger charge is -2.23. The maximum Gasteiger partial charge on any atom is 0.380 e. The van der Waals surface area contributed by atoms with Gasteiger partial charge in [-0.2, -0.15) is 35.1 Å². The van der Waals surface area contributed by atoms with Crippen LogP contribution in [0.4, 0.5) is 35.1 Å². The molecule has 14 heavy (non-hydrogen) atoms. The highest BCUT2D eigenvalue weighted by molar-refractivity contribution is 6.22. The van der Waals surface area contributed by atoms with Gasteiger partial charge in [0, 0.05) is 0 Å². The third-order valence-corrected chi connectivity index (χ3v) is 2.42. The number of hydrogen-bond acceptors (Lipinski definition) is 0. The summed E-state index contributed by atoms with van der Waals surface area (Å²) in [4.78, 5) is 0. The maximum absolute atomic E-state index is 12.3. The molecule has 0 atom stereocenters. The Hall–Kier alpha value is -0.270. The maximum atomic E-state index is 12.3. The van der Waals surface area contributed by atoms with E-state index in [1.807, 2.05) is 0 Å². The Morgan fingerprint density at radius 2 is 0.857 bits per heavy atom. The van der Waals surface area contributed by atoms with Crippen LogP contribution in [0.15, 0.2) is 0 Å². The fraction of sp³-hybridized carbons (Fsp3) is 1.00. The molecule has 0 heterocycles. The molecule has 0 aromatic heterocycles. The lowest BCUT2D eigenvalue weighted by molar-refractivity contribution is -0.303. The molecule has 0 aromatic carbocycles. The largest absolute Gasteiger partial charge is 0.380 e. The van der Waals surface area contributed by atoms with Crippen LogP contribution in [0.5, 0.6) is 0 Å². The summed E-state index contributed by atoms with van der Waals surface area (Å²) in [5.41, 5.74) is 0. The summed E-state index contributed by atoms with van der Waals surface area (Å²) in [6.07, 6.45) is 0. The van der Waals surface area contributed by atoms with Crippen LogP contribution in [-0.2, 0) is 0 Å². The van der Waals surface area contributed by atoms with E-state index in [1.165, 1.54) is 0 Å². The quantitative estimate of drug-likeness (QED) is 0.456. The molecule has 0 nitrogen and oxygen atoms in total. The summed E-state index contributed by atoms with van der Waals surface area (Å²) in [5, 5.41) is -3.93. The van der Waals surface area contributed by atoms with Crippen LogP contribution in [0.2, 0.25) is 0 Å². The molecule has 84 valence electrons. The monoisotopic (exact) mass is 248 g/mol. The second-order valence-corrected chi connectivity index (χ2v) is 3.19. The molecule has 0 spiro atoms. The molecule has 1 fully saturated rings. The molecule has 0 aromatic rings. The topological polar surface area (TPSA) is 0 Å². The Morgan fingerprint density at radius 1 is 0.643 bits per heavy atom. The van der Waals surface area contributed by atoms with Crippen molar-refractivity contribution in [2.75, 3.05) is 0 Å². The van der Waals surface area contributed by atoms with Gasteiger partial charge < -0.3 is 0 Å². The van der Waals surface area contributed by atoms with Crippen molar-refractivity contribution in [2.24, 2.45) is 0 Å². The van der Waals surface area contributed by atoms with Crippen molar-refractivity contribution >= 4 is 11.6 Å². The van der Waals surface area contributed by atoms with Crippen LogP contribution in [-0.4, -0.2) is 29.1 Å². The van der Waals surface area contributed by atoms with Crippen molar-refractivity contribution in [1.82, 2.24) is 0 Å². The summed E-state index contributed by atoms with van der Waals surface area (Å²) in [6, 6.07) is 0. The molecule has 0 radical (unpaired) electrons. The second kappa shape index (κ2) is 2.45. The zero-order chi connectivity index (χ0) is 11.6. The summed E-state index contributed by atoms with van der Waals surface area (Å²) >= 11 is 4.20. The fourth-order valence-electron chi connectivity index (χ4n) is 0.965. The van der Waals surface area contributed by atoms with Gasteiger partial charge in [0.1, 0.15) is 0 Å². The van der Waals surface area contributed by atoms with E-state index in [0.29, 0.717) is 0 Å². The molecule has 0 unspecified atom stereocenters. The highest BCUT2D eigenvalue weighted by Gasteiger charge is 2.93. The zero-order valence-electron chi connectivity index (χ0n) is 5.98.